The summed E-state index contributed by atoms with van der Waals surface area (Å²) in [5, 5.41) is 13.1. The molecule has 0 spiro atoms. The van der Waals surface area contributed by atoms with Crippen LogP contribution in [0, 0.1) is 29.0 Å². The second-order valence-corrected chi connectivity index (χ2v) is 11.5. The van der Waals surface area contributed by atoms with Crippen molar-refractivity contribution in [3.8, 4) is 17.2 Å². The quantitative estimate of drug-likeness (QED) is 0.535. The van der Waals surface area contributed by atoms with E-state index in [9.17, 15) is 14.9 Å². The lowest BCUT2D eigenvalue weighted by atomic mass is 9.95. The van der Waals surface area contributed by atoms with E-state index in [0.717, 1.165) is 0 Å². The summed E-state index contributed by atoms with van der Waals surface area (Å²) in [4.78, 5) is 32.3. The van der Waals surface area contributed by atoms with E-state index in [2.05, 4.69) is 16.4 Å². The summed E-state index contributed by atoms with van der Waals surface area (Å²) in [6, 6.07) is 10.4. The third-order valence-corrected chi connectivity index (χ3v) is 7.82. The van der Waals surface area contributed by atoms with E-state index in [1.165, 1.54) is 18.1 Å². The Morgan fingerprint density at radius 2 is 2.00 bits per heavy atom. The number of cyclic esters (lactones) is 1. The Labute approximate surface area is 237 Å². The van der Waals surface area contributed by atoms with Gasteiger partial charge < -0.3 is 24.4 Å². The number of halogens is 1. The number of thiocarbonyl (C=S) groups is 1. The van der Waals surface area contributed by atoms with Gasteiger partial charge in [-0.05, 0) is 57.3 Å². The number of likely N-dealkylation sites (tertiary alicyclic amines) is 1. The van der Waals surface area contributed by atoms with E-state index in [1.54, 1.807) is 35.4 Å². The van der Waals surface area contributed by atoms with E-state index in [4.69, 9.17) is 26.4 Å². The molecule has 1 N–H and O–H groups in total. The number of ether oxygens (including phenoxy) is 3. The molecule has 2 saturated heterocycles. The van der Waals surface area contributed by atoms with Gasteiger partial charge in [0.25, 0.3) is 5.17 Å². The summed E-state index contributed by atoms with van der Waals surface area (Å²) in [5.74, 6) is -0.569. The Morgan fingerprint density at radius 1 is 1.27 bits per heavy atom. The zero-order valence-electron chi connectivity index (χ0n) is 22.6. The normalized spacial score (nSPS) is 25.1. The zero-order chi connectivity index (χ0) is 28.8. The number of carbonyl (C=O) groups excluding carboxylic acids is 2. The van der Waals surface area contributed by atoms with Gasteiger partial charge in [-0.15, -0.1) is 0 Å². The average Bonchev–Trinajstić information content (AvgIpc) is 3.19. The summed E-state index contributed by atoms with van der Waals surface area (Å²) < 4.78 is 30.9. The third kappa shape index (κ3) is 5.01. The third-order valence-electron chi connectivity index (χ3n) is 7.51. The van der Waals surface area contributed by atoms with Gasteiger partial charge in [0, 0.05) is 42.2 Å². The number of nitriles is 1. The number of fused-ring (bicyclic) bond motifs is 1. The van der Waals surface area contributed by atoms with Crippen molar-refractivity contribution in [3.05, 3.63) is 48.0 Å². The number of amides is 2. The Hall–Kier alpha value is -3.98. The Kier molecular flexibility index (Phi) is 7.04. The van der Waals surface area contributed by atoms with Crippen molar-refractivity contribution in [1.29, 1.82) is 5.26 Å². The summed E-state index contributed by atoms with van der Waals surface area (Å²) in [6.45, 7) is 6.83. The predicted molar refractivity (Wildman–Crippen MR) is 147 cm³/mol. The molecule has 4 atom stereocenters. The highest BCUT2D eigenvalue weighted by atomic mass is 32.1. The number of piperidine rings is 1. The van der Waals surface area contributed by atoms with Crippen molar-refractivity contribution in [3.63, 3.8) is 0 Å². The molecule has 3 fully saturated rings. The Morgan fingerprint density at radius 3 is 2.58 bits per heavy atom. The molecule has 2 aromatic rings. The van der Waals surface area contributed by atoms with Gasteiger partial charge in [-0.1, -0.05) is 6.07 Å². The molecule has 1 aromatic carbocycles. The van der Waals surface area contributed by atoms with Crippen LogP contribution in [0.4, 0.5) is 19.7 Å². The number of nitrogens with zero attached hydrogens (tertiary/aromatic N) is 4. The highest BCUT2D eigenvalue weighted by Crippen LogP contribution is 2.62. The first-order valence-corrected chi connectivity index (χ1v) is 13.3. The van der Waals surface area contributed by atoms with Crippen molar-refractivity contribution < 1.29 is 28.2 Å². The Bertz CT molecular complexity index is 1380. The summed E-state index contributed by atoms with van der Waals surface area (Å²) in [5.41, 5.74) is 0.488. The highest BCUT2D eigenvalue weighted by molar-refractivity contribution is 7.80. The monoisotopic (exact) mass is 567 g/mol. The highest BCUT2D eigenvalue weighted by Gasteiger charge is 2.71. The van der Waals surface area contributed by atoms with Gasteiger partial charge in [0.05, 0.1) is 37.6 Å². The fourth-order valence-electron chi connectivity index (χ4n) is 5.52. The van der Waals surface area contributed by atoms with Gasteiger partial charge >= 0.3 is 12.2 Å². The lowest BCUT2D eigenvalue weighted by Gasteiger charge is -2.27. The van der Waals surface area contributed by atoms with Crippen LogP contribution in [0.25, 0.3) is 11.1 Å². The van der Waals surface area contributed by atoms with Crippen LogP contribution in [0.2, 0.25) is 0 Å². The molecule has 1 saturated carbocycles. The molecule has 0 radical (unpaired) electrons. The summed E-state index contributed by atoms with van der Waals surface area (Å²) in [7, 11) is 1.44. The topological polar surface area (TPSA) is 117 Å². The van der Waals surface area contributed by atoms with E-state index >= 15 is 4.39 Å². The maximum absolute atomic E-state index is 15.2. The number of anilines is 1. The van der Waals surface area contributed by atoms with Gasteiger partial charge in [0.2, 0.25) is 0 Å². The summed E-state index contributed by atoms with van der Waals surface area (Å²) in [6.07, 6.45) is 0.135. The van der Waals surface area contributed by atoms with Crippen LogP contribution in [0.1, 0.15) is 26.5 Å². The van der Waals surface area contributed by atoms with Crippen LogP contribution < -0.4 is 10.2 Å². The minimum atomic E-state index is -0.770. The van der Waals surface area contributed by atoms with E-state index in [0.29, 0.717) is 35.6 Å². The van der Waals surface area contributed by atoms with E-state index in [-0.39, 0.29) is 36.2 Å². The molecule has 1 unspecified atom stereocenters. The number of aromatic nitrogens is 1. The fourth-order valence-corrected chi connectivity index (χ4v) is 5.60. The lowest BCUT2D eigenvalue weighted by Crippen LogP contribution is -2.39. The summed E-state index contributed by atoms with van der Waals surface area (Å²) >= 11 is 4.93. The van der Waals surface area contributed by atoms with Crippen molar-refractivity contribution in [2.24, 2.45) is 11.8 Å². The molecular formula is C28H30FN5O5S. The maximum atomic E-state index is 15.2. The first kappa shape index (κ1) is 27.6. The van der Waals surface area contributed by atoms with Crippen molar-refractivity contribution in [2.75, 3.05) is 38.2 Å². The minimum Gasteiger partial charge on any atom is -0.474 e. The van der Waals surface area contributed by atoms with Crippen molar-refractivity contribution >= 4 is 35.3 Å². The van der Waals surface area contributed by atoms with Crippen LogP contribution in [0.5, 0.6) is 0 Å². The number of carbonyl (C=O) groups is 2. The number of rotatable bonds is 5. The van der Waals surface area contributed by atoms with Crippen LogP contribution in [0.3, 0.4) is 0 Å². The molecule has 3 aliphatic rings. The van der Waals surface area contributed by atoms with Gasteiger partial charge in [-0.2, -0.15) is 5.26 Å². The molecule has 2 aliphatic heterocycles. The molecule has 5 rings (SSSR count). The number of hydrogen-bond donors (Lipinski definition) is 1. The molecule has 40 heavy (non-hydrogen) atoms. The van der Waals surface area contributed by atoms with Crippen molar-refractivity contribution in [2.45, 2.75) is 37.9 Å². The molecule has 210 valence electrons. The van der Waals surface area contributed by atoms with E-state index < -0.39 is 29.0 Å². The number of nitrogens with one attached hydrogen (secondary N) is 1. The Balaban J connectivity index is 1.25. The van der Waals surface area contributed by atoms with Gasteiger partial charge in [0.15, 0.2) is 0 Å². The molecule has 1 aliphatic carbocycles. The van der Waals surface area contributed by atoms with Crippen LogP contribution in [-0.4, -0.2) is 72.2 Å². The van der Waals surface area contributed by atoms with E-state index in [1.807, 2.05) is 20.8 Å². The van der Waals surface area contributed by atoms with Crippen LogP contribution >= 0.6 is 12.2 Å². The molecule has 1 aromatic heterocycles. The zero-order valence-corrected chi connectivity index (χ0v) is 23.5. The van der Waals surface area contributed by atoms with Crippen LogP contribution in [0.15, 0.2) is 36.5 Å². The first-order chi connectivity index (χ1) is 19.0. The molecule has 10 nitrogen and oxygen atoms in total. The predicted octanol–water partition coefficient (Wildman–Crippen LogP) is 3.99. The first-order valence-electron chi connectivity index (χ1n) is 12.9. The molecular weight excluding hydrogens is 537 g/mol. The maximum Gasteiger partial charge on any atom is 0.414 e. The molecule has 2 amide bonds. The largest absolute Gasteiger partial charge is 0.474 e. The number of benzene rings is 1. The standard InChI is InChI=1S/C28H30FN5O5S/c1-27(2,3)39-25(35)33-13-20-21(14-33)28(20,15-30)23-8-5-16(10-31-23)19-7-6-17(9-22(19)29)34-12-18(38-26(34)36)11-32-24(40)37-4/h5-10,18,20-21H,11-14H2,1-4H3,(H,32,40)/t18-,20-,21+,28?/m0/s1. The molecule has 0 bridgehead atoms. The fraction of sp³-hybridized carbons (Fsp3) is 0.464. The smallest absolute Gasteiger partial charge is 0.414 e. The van der Waals surface area contributed by atoms with Gasteiger partial charge in [0.1, 0.15) is 22.9 Å². The number of hydrogen-bond acceptors (Lipinski definition) is 8. The lowest BCUT2D eigenvalue weighted by molar-refractivity contribution is 0.0265. The molecule has 12 heteroatoms. The van der Waals surface area contributed by atoms with Crippen LogP contribution in [-0.2, 0) is 19.6 Å². The second-order valence-electron chi connectivity index (χ2n) is 11.2. The SMILES string of the molecule is COC(=S)NC[C@H]1CN(c2ccc(-c3ccc(C4(C#N)[C@@H]5CN(C(=O)OC(C)(C)C)C[C@@H]54)nc3)c(F)c2)C(=O)O1. The molecule has 3 heterocycles. The van der Waals surface area contributed by atoms with Gasteiger partial charge in [-0.25, -0.2) is 14.0 Å². The average molecular weight is 568 g/mol. The second kappa shape index (κ2) is 10.2. The minimum absolute atomic E-state index is 0.0243. The van der Waals surface area contributed by atoms with Gasteiger partial charge in [-0.3, -0.25) is 9.88 Å². The van der Waals surface area contributed by atoms with Crippen molar-refractivity contribution in [1.82, 2.24) is 15.2 Å². The number of pyridine rings is 1. The number of methoxy groups -OCH3 is 1.